The minimum absolute atomic E-state index is 0.0637. The van der Waals surface area contributed by atoms with Gasteiger partial charge in [-0.25, -0.2) is 0 Å². The topological polar surface area (TPSA) is 78.9 Å². The Morgan fingerprint density at radius 1 is 0.364 bits per heavy atom. The number of hydrogen-bond donors (Lipinski definition) is 0. The summed E-state index contributed by atoms with van der Waals surface area (Å²) in [5, 5.41) is 0. The van der Waals surface area contributed by atoms with Crippen LogP contribution in [0.1, 0.15) is 272 Å². The van der Waals surface area contributed by atoms with Crippen molar-refractivity contribution in [3.8, 4) is 0 Å². The molecular formula is C49H94O6. The first-order chi connectivity index (χ1) is 26.9. The third kappa shape index (κ3) is 41.9. The molecule has 0 spiro atoms. The van der Waals surface area contributed by atoms with Gasteiger partial charge in [0.2, 0.25) is 0 Å². The molecule has 0 rings (SSSR count). The molecule has 2 atom stereocenters. The highest BCUT2D eigenvalue weighted by Crippen LogP contribution is 2.17. The van der Waals surface area contributed by atoms with Crippen molar-refractivity contribution in [1.29, 1.82) is 0 Å². The molecule has 0 heterocycles. The van der Waals surface area contributed by atoms with Crippen molar-refractivity contribution >= 4 is 17.9 Å². The van der Waals surface area contributed by atoms with Gasteiger partial charge in [-0.3, -0.25) is 14.4 Å². The number of unbranched alkanes of at least 4 members (excludes halogenated alkanes) is 30. The normalized spacial score (nSPS) is 12.4. The van der Waals surface area contributed by atoms with Gasteiger partial charge in [-0.05, 0) is 25.2 Å². The molecule has 0 radical (unpaired) electrons. The molecular weight excluding hydrogens is 685 g/mol. The molecule has 0 aliphatic carbocycles. The van der Waals surface area contributed by atoms with E-state index in [4.69, 9.17) is 14.2 Å². The molecule has 55 heavy (non-hydrogen) atoms. The average molecular weight is 779 g/mol. The van der Waals surface area contributed by atoms with Gasteiger partial charge >= 0.3 is 17.9 Å². The van der Waals surface area contributed by atoms with Crippen molar-refractivity contribution in [2.24, 2.45) is 5.92 Å². The third-order valence-corrected chi connectivity index (χ3v) is 11.4. The van der Waals surface area contributed by atoms with E-state index in [-0.39, 0.29) is 31.1 Å². The number of rotatable bonds is 44. The maximum absolute atomic E-state index is 12.7. The fourth-order valence-corrected chi connectivity index (χ4v) is 7.30. The molecule has 0 aromatic rings. The summed E-state index contributed by atoms with van der Waals surface area (Å²) < 4.78 is 16.7. The lowest BCUT2D eigenvalue weighted by atomic mass is 9.99. The van der Waals surface area contributed by atoms with E-state index in [0.29, 0.717) is 19.3 Å². The summed E-state index contributed by atoms with van der Waals surface area (Å²) in [6.45, 7) is 9.00. The van der Waals surface area contributed by atoms with Crippen LogP contribution in [0.2, 0.25) is 0 Å². The van der Waals surface area contributed by atoms with Gasteiger partial charge in [-0.1, -0.05) is 233 Å². The van der Waals surface area contributed by atoms with E-state index in [2.05, 4.69) is 27.7 Å². The maximum atomic E-state index is 12.7. The van der Waals surface area contributed by atoms with Crippen LogP contribution >= 0.6 is 0 Å². The van der Waals surface area contributed by atoms with Crippen LogP contribution in [0.5, 0.6) is 0 Å². The monoisotopic (exact) mass is 779 g/mol. The van der Waals surface area contributed by atoms with Crippen molar-refractivity contribution < 1.29 is 28.6 Å². The first-order valence-corrected chi connectivity index (χ1v) is 24.4. The molecule has 6 nitrogen and oxygen atoms in total. The zero-order valence-corrected chi connectivity index (χ0v) is 37.4. The maximum Gasteiger partial charge on any atom is 0.306 e. The second kappa shape index (κ2) is 43.5. The SMILES string of the molecule is CCCCCCCCCCCCCCCCCCC(=O)OC[C@H](COC(=O)CCCCCCCCC)OC(=O)CCCCCCCCCCCCC(C)CC. The third-order valence-electron chi connectivity index (χ3n) is 11.4. The quantitative estimate of drug-likeness (QED) is 0.0348. The number of hydrogen-bond acceptors (Lipinski definition) is 6. The summed E-state index contributed by atoms with van der Waals surface area (Å²) in [6, 6.07) is 0. The second-order valence-electron chi connectivity index (χ2n) is 17.0. The van der Waals surface area contributed by atoms with Crippen LogP contribution in [0.25, 0.3) is 0 Å². The lowest BCUT2D eigenvalue weighted by molar-refractivity contribution is -0.167. The Labute approximate surface area is 342 Å². The van der Waals surface area contributed by atoms with E-state index in [1.165, 1.54) is 167 Å². The molecule has 0 bridgehead atoms. The minimum atomic E-state index is -0.759. The largest absolute Gasteiger partial charge is 0.462 e. The van der Waals surface area contributed by atoms with Gasteiger partial charge in [0.25, 0.3) is 0 Å². The van der Waals surface area contributed by atoms with Gasteiger partial charge in [0.1, 0.15) is 13.2 Å². The molecule has 326 valence electrons. The zero-order valence-electron chi connectivity index (χ0n) is 37.4. The Kier molecular flexibility index (Phi) is 42.3. The molecule has 0 N–H and O–H groups in total. The summed E-state index contributed by atoms with van der Waals surface area (Å²) in [5.74, 6) is 0.0116. The van der Waals surface area contributed by atoms with Crippen LogP contribution in [0, 0.1) is 5.92 Å². The van der Waals surface area contributed by atoms with Crippen molar-refractivity contribution in [1.82, 2.24) is 0 Å². The van der Waals surface area contributed by atoms with Gasteiger partial charge in [0.05, 0.1) is 0 Å². The van der Waals surface area contributed by atoms with Gasteiger partial charge in [0, 0.05) is 19.3 Å². The molecule has 6 heteroatoms. The molecule has 0 saturated heterocycles. The second-order valence-corrected chi connectivity index (χ2v) is 17.0. The van der Waals surface area contributed by atoms with E-state index in [9.17, 15) is 14.4 Å². The number of carbonyl (C=O) groups excluding carboxylic acids is 3. The van der Waals surface area contributed by atoms with Crippen LogP contribution < -0.4 is 0 Å². The molecule has 0 aliphatic heterocycles. The standard InChI is InChI=1S/C49H94O6/c1-5-8-10-12-14-15-16-17-18-19-20-21-25-29-33-37-41-48(51)54-44-46(43-53-47(50)40-36-32-27-13-11-9-6-2)55-49(52)42-38-34-30-26-23-22-24-28-31-35-39-45(4)7-3/h45-46H,5-44H2,1-4H3/t45?,46-/m0/s1. The Morgan fingerprint density at radius 2 is 0.636 bits per heavy atom. The Hall–Kier alpha value is -1.59. The summed E-state index contributed by atoms with van der Waals surface area (Å²) in [5.41, 5.74) is 0. The summed E-state index contributed by atoms with van der Waals surface area (Å²) >= 11 is 0. The van der Waals surface area contributed by atoms with Gasteiger partial charge < -0.3 is 14.2 Å². The molecule has 0 saturated carbocycles. The predicted octanol–water partition coefficient (Wildman–Crippen LogP) is 15.5. The summed E-state index contributed by atoms with van der Waals surface area (Å²) in [7, 11) is 0. The van der Waals surface area contributed by atoms with Crippen LogP contribution in [-0.4, -0.2) is 37.2 Å². The van der Waals surface area contributed by atoms with Crippen LogP contribution in [0.3, 0.4) is 0 Å². The number of esters is 3. The smallest absolute Gasteiger partial charge is 0.306 e. The summed E-state index contributed by atoms with van der Waals surface area (Å²) in [4.78, 5) is 37.7. The van der Waals surface area contributed by atoms with E-state index < -0.39 is 6.10 Å². The van der Waals surface area contributed by atoms with Crippen LogP contribution in [-0.2, 0) is 28.6 Å². The van der Waals surface area contributed by atoms with E-state index in [0.717, 1.165) is 63.7 Å². The van der Waals surface area contributed by atoms with Crippen LogP contribution in [0.15, 0.2) is 0 Å². The lowest BCUT2D eigenvalue weighted by Crippen LogP contribution is -2.30. The highest BCUT2D eigenvalue weighted by molar-refractivity contribution is 5.71. The molecule has 0 aromatic carbocycles. The van der Waals surface area contributed by atoms with Gasteiger partial charge in [-0.15, -0.1) is 0 Å². The first-order valence-electron chi connectivity index (χ1n) is 24.4. The predicted molar refractivity (Wildman–Crippen MR) is 233 cm³/mol. The highest BCUT2D eigenvalue weighted by atomic mass is 16.6. The Bertz CT molecular complexity index is 828. The molecule has 0 aromatic heterocycles. The zero-order chi connectivity index (χ0) is 40.3. The number of carbonyl (C=O) groups is 3. The van der Waals surface area contributed by atoms with Crippen molar-refractivity contribution in [3.63, 3.8) is 0 Å². The molecule has 0 amide bonds. The Balaban J connectivity index is 4.23. The average Bonchev–Trinajstić information content (AvgIpc) is 3.18. The van der Waals surface area contributed by atoms with Gasteiger partial charge in [0.15, 0.2) is 6.10 Å². The highest BCUT2D eigenvalue weighted by Gasteiger charge is 2.19. The van der Waals surface area contributed by atoms with Crippen LogP contribution in [0.4, 0.5) is 0 Å². The van der Waals surface area contributed by atoms with E-state index in [1.807, 2.05) is 0 Å². The van der Waals surface area contributed by atoms with E-state index in [1.54, 1.807) is 0 Å². The fourth-order valence-electron chi connectivity index (χ4n) is 7.30. The summed E-state index contributed by atoms with van der Waals surface area (Å²) in [6.07, 6.45) is 43.8. The lowest BCUT2D eigenvalue weighted by Gasteiger charge is -2.18. The fraction of sp³-hybridized carbons (Fsp3) is 0.939. The molecule has 1 unspecified atom stereocenters. The van der Waals surface area contributed by atoms with Gasteiger partial charge in [-0.2, -0.15) is 0 Å². The first kappa shape index (κ1) is 53.4. The van der Waals surface area contributed by atoms with Crippen molar-refractivity contribution in [3.05, 3.63) is 0 Å². The number of ether oxygens (including phenoxy) is 3. The minimum Gasteiger partial charge on any atom is -0.462 e. The van der Waals surface area contributed by atoms with Crippen molar-refractivity contribution in [2.45, 2.75) is 278 Å². The Morgan fingerprint density at radius 3 is 0.945 bits per heavy atom. The van der Waals surface area contributed by atoms with Crippen molar-refractivity contribution in [2.75, 3.05) is 13.2 Å². The molecule has 0 fully saturated rings. The molecule has 0 aliphatic rings. The van der Waals surface area contributed by atoms with E-state index >= 15 is 0 Å².